The third-order valence-electron chi connectivity index (χ3n) is 2.50. The quantitative estimate of drug-likeness (QED) is 0.705. The molecule has 14 heavy (non-hydrogen) atoms. The van der Waals surface area contributed by atoms with Crippen molar-refractivity contribution in [1.82, 2.24) is 0 Å². The van der Waals surface area contributed by atoms with Crippen LogP contribution in [-0.4, -0.2) is 25.2 Å². The highest BCUT2D eigenvalue weighted by molar-refractivity contribution is 7.89. The van der Waals surface area contributed by atoms with E-state index >= 15 is 0 Å². The highest BCUT2D eigenvalue weighted by atomic mass is 32.2. The monoisotopic (exact) mass is 223 g/mol. The third kappa shape index (κ3) is 3.63. The Balaban J connectivity index is 4.82. The predicted octanol–water partition coefficient (Wildman–Crippen LogP) is 0.412. The lowest BCUT2D eigenvalue weighted by atomic mass is 9.78. The van der Waals surface area contributed by atoms with Crippen LogP contribution in [0.2, 0.25) is 0 Å². The number of rotatable bonds is 5. The van der Waals surface area contributed by atoms with Crippen LogP contribution in [0.3, 0.4) is 0 Å². The van der Waals surface area contributed by atoms with Crippen molar-refractivity contribution < 1.29 is 18.3 Å². The Morgan fingerprint density at radius 1 is 1.50 bits per heavy atom. The van der Waals surface area contributed by atoms with Crippen molar-refractivity contribution in [1.29, 1.82) is 0 Å². The van der Waals surface area contributed by atoms with Gasteiger partial charge in [0.2, 0.25) is 10.0 Å². The van der Waals surface area contributed by atoms with Gasteiger partial charge in [0.25, 0.3) is 0 Å². The average molecular weight is 223 g/mol. The first-order valence-corrected chi connectivity index (χ1v) is 6.06. The summed E-state index contributed by atoms with van der Waals surface area (Å²) in [6, 6.07) is 0. The second-order valence-electron chi connectivity index (χ2n) is 3.96. The highest BCUT2D eigenvalue weighted by Crippen LogP contribution is 2.30. The molecule has 0 aromatic rings. The van der Waals surface area contributed by atoms with Gasteiger partial charge in [-0.2, -0.15) is 0 Å². The molecule has 0 fully saturated rings. The first-order chi connectivity index (χ1) is 6.11. The van der Waals surface area contributed by atoms with Crippen LogP contribution >= 0.6 is 0 Å². The van der Waals surface area contributed by atoms with Crippen LogP contribution in [0.15, 0.2) is 0 Å². The fourth-order valence-electron chi connectivity index (χ4n) is 1.29. The molecule has 0 aromatic carbocycles. The molecule has 0 heterocycles. The molecule has 0 bridgehead atoms. The number of primary sulfonamides is 1. The third-order valence-corrected chi connectivity index (χ3v) is 3.37. The van der Waals surface area contributed by atoms with E-state index in [-0.39, 0.29) is 5.75 Å². The molecule has 84 valence electrons. The molecule has 0 spiro atoms. The molecule has 0 aliphatic carbocycles. The van der Waals surface area contributed by atoms with Crippen LogP contribution in [-0.2, 0) is 14.8 Å². The number of sulfonamides is 1. The Kier molecular flexibility index (Phi) is 4.08. The Morgan fingerprint density at radius 2 is 1.93 bits per heavy atom. The minimum Gasteiger partial charge on any atom is -0.481 e. The first-order valence-electron chi connectivity index (χ1n) is 4.35. The Morgan fingerprint density at radius 3 is 2.14 bits per heavy atom. The molecule has 0 amide bonds. The van der Waals surface area contributed by atoms with E-state index in [9.17, 15) is 13.2 Å². The minimum atomic E-state index is -3.62. The summed E-state index contributed by atoms with van der Waals surface area (Å²) >= 11 is 0. The topological polar surface area (TPSA) is 97.5 Å². The Hall–Kier alpha value is -0.620. The van der Waals surface area contributed by atoms with Gasteiger partial charge < -0.3 is 5.11 Å². The number of carboxylic acid groups (broad SMARTS) is 1. The molecule has 0 radical (unpaired) electrons. The predicted molar refractivity (Wildman–Crippen MR) is 53.2 cm³/mol. The smallest absolute Gasteiger partial charge is 0.309 e. The van der Waals surface area contributed by atoms with E-state index in [4.69, 9.17) is 10.2 Å². The summed E-state index contributed by atoms with van der Waals surface area (Å²) in [4.78, 5) is 10.9. The second-order valence-corrected chi connectivity index (χ2v) is 5.62. The molecule has 0 aliphatic heterocycles. The zero-order valence-electron chi connectivity index (χ0n) is 8.65. The van der Waals surface area contributed by atoms with Gasteiger partial charge in [-0.05, 0) is 19.8 Å². The van der Waals surface area contributed by atoms with Crippen LogP contribution in [0, 0.1) is 11.3 Å². The lowest BCUT2D eigenvalue weighted by molar-refractivity contribution is -0.149. The van der Waals surface area contributed by atoms with Crippen LogP contribution < -0.4 is 5.14 Å². The van der Waals surface area contributed by atoms with E-state index in [1.807, 2.05) is 0 Å². The molecular formula is C8H17NO4S. The molecule has 5 nitrogen and oxygen atoms in total. The molecule has 6 heteroatoms. The molecular weight excluding hydrogens is 206 g/mol. The molecule has 0 saturated carbocycles. The van der Waals surface area contributed by atoms with Gasteiger partial charge in [0, 0.05) is 0 Å². The van der Waals surface area contributed by atoms with Crippen molar-refractivity contribution in [2.75, 3.05) is 5.75 Å². The van der Waals surface area contributed by atoms with Crippen molar-refractivity contribution in [3.8, 4) is 0 Å². The number of aliphatic carboxylic acids is 1. The van der Waals surface area contributed by atoms with Gasteiger partial charge in [-0.3, -0.25) is 4.79 Å². The number of hydrogen-bond donors (Lipinski definition) is 2. The summed E-state index contributed by atoms with van der Waals surface area (Å²) in [5.41, 5.74) is -1.07. The Bertz CT molecular complexity index is 307. The zero-order valence-corrected chi connectivity index (χ0v) is 9.47. The number of carbonyl (C=O) groups is 1. The number of carboxylic acids is 1. The fourth-order valence-corrected chi connectivity index (χ4v) is 2.50. The summed E-state index contributed by atoms with van der Waals surface area (Å²) in [5.74, 6) is -1.76. The first kappa shape index (κ1) is 13.4. The van der Waals surface area contributed by atoms with Gasteiger partial charge in [0.1, 0.15) is 0 Å². The number of hydrogen-bond acceptors (Lipinski definition) is 3. The van der Waals surface area contributed by atoms with Gasteiger partial charge >= 0.3 is 5.97 Å². The molecule has 1 unspecified atom stereocenters. The summed E-state index contributed by atoms with van der Waals surface area (Å²) in [6.45, 7) is 4.77. The molecule has 0 rings (SSSR count). The Labute approximate surface area is 84.4 Å². The zero-order chi connectivity index (χ0) is 11.6. The largest absolute Gasteiger partial charge is 0.481 e. The van der Waals surface area contributed by atoms with Crippen molar-refractivity contribution in [2.24, 2.45) is 16.5 Å². The van der Waals surface area contributed by atoms with E-state index < -0.39 is 27.3 Å². The van der Waals surface area contributed by atoms with Crippen LogP contribution in [0.25, 0.3) is 0 Å². The summed E-state index contributed by atoms with van der Waals surface area (Å²) in [5, 5.41) is 13.8. The second kappa shape index (κ2) is 4.27. The molecule has 0 aromatic heterocycles. The van der Waals surface area contributed by atoms with Crippen LogP contribution in [0.1, 0.15) is 27.2 Å². The maximum Gasteiger partial charge on any atom is 0.309 e. The SMILES string of the molecule is CCC(CS(N)(=O)=O)C(C)(C)C(=O)O. The van der Waals surface area contributed by atoms with Gasteiger partial charge in [0.15, 0.2) is 0 Å². The molecule has 0 saturated heterocycles. The van der Waals surface area contributed by atoms with E-state index in [1.165, 1.54) is 13.8 Å². The normalized spacial score (nSPS) is 15.1. The average Bonchev–Trinajstić information content (AvgIpc) is 1.97. The summed E-state index contributed by atoms with van der Waals surface area (Å²) < 4.78 is 21.7. The van der Waals surface area contributed by atoms with Crippen molar-refractivity contribution >= 4 is 16.0 Å². The fraction of sp³-hybridized carbons (Fsp3) is 0.875. The molecule has 3 N–H and O–H groups in total. The van der Waals surface area contributed by atoms with Crippen molar-refractivity contribution in [2.45, 2.75) is 27.2 Å². The number of nitrogens with two attached hydrogens (primary N) is 1. The summed E-state index contributed by atoms with van der Waals surface area (Å²) in [6.07, 6.45) is 0.468. The van der Waals surface area contributed by atoms with Crippen LogP contribution in [0.5, 0.6) is 0 Å². The maximum atomic E-state index is 10.9. The van der Waals surface area contributed by atoms with E-state index in [0.29, 0.717) is 6.42 Å². The molecule has 1 atom stereocenters. The molecule has 0 aliphatic rings. The highest BCUT2D eigenvalue weighted by Gasteiger charge is 2.37. The van der Waals surface area contributed by atoms with E-state index in [1.54, 1.807) is 6.92 Å². The van der Waals surface area contributed by atoms with E-state index in [0.717, 1.165) is 0 Å². The minimum absolute atomic E-state index is 0.289. The van der Waals surface area contributed by atoms with Crippen molar-refractivity contribution in [3.63, 3.8) is 0 Å². The van der Waals surface area contributed by atoms with Gasteiger partial charge in [-0.1, -0.05) is 13.3 Å². The lowest BCUT2D eigenvalue weighted by Crippen LogP contribution is -2.38. The summed E-state index contributed by atoms with van der Waals surface area (Å²) in [7, 11) is -3.62. The lowest BCUT2D eigenvalue weighted by Gasteiger charge is -2.28. The van der Waals surface area contributed by atoms with Gasteiger partial charge in [0.05, 0.1) is 11.2 Å². The standard InChI is InChI=1S/C8H17NO4S/c1-4-6(5-14(9,12)13)8(2,3)7(10)11/h6H,4-5H2,1-3H3,(H,10,11)(H2,9,12,13). The maximum absolute atomic E-state index is 10.9. The van der Waals surface area contributed by atoms with Gasteiger partial charge in [-0.15, -0.1) is 0 Å². The van der Waals surface area contributed by atoms with Gasteiger partial charge in [-0.25, -0.2) is 13.6 Å². The van der Waals surface area contributed by atoms with E-state index in [2.05, 4.69) is 0 Å². The van der Waals surface area contributed by atoms with Crippen molar-refractivity contribution in [3.05, 3.63) is 0 Å². The van der Waals surface area contributed by atoms with Crippen LogP contribution in [0.4, 0.5) is 0 Å².